The zero-order chi connectivity index (χ0) is 25.8. The van der Waals surface area contributed by atoms with Gasteiger partial charge in [-0.05, 0) is 55.4 Å². The molecule has 2 atom stereocenters. The van der Waals surface area contributed by atoms with Crippen LogP contribution in [-0.2, 0) is 11.2 Å². The Hall–Kier alpha value is -3.12. The highest BCUT2D eigenvalue weighted by Crippen LogP contribution is 2.42. The zero-order valence-corrected chi connectivity index (χ0v) is 21.9. The number of aryl methyl sites for hydroxylation is 2. The topological polar surface area (TPSA) is 97.2 Å². The van der Waals surface area contributed by atoms with Crippen molar-refractivity contribution in [1.82, 2.24) is 16.0 Å². The molecule has 1 aromatic rings. The summed E-state index contributed by atoms with van der Waals surface area (Å²) in [4.78, 5) is 13.0. The minimum atomic E-state index is -0.238. The highest BCUT2D eigenvalue weighted by molar-refractivity contribution is 6.06. The van der Waals surface area contributed by atoms with Gasteiger partial charge in [-0.2, -0.15) is 0 Å². The Bertz CT molecular complexity index is 1110. The van der Waals surface area contributed by atoms with E-state index in [9.17, 15) is 9.90 Å². The minimum Gasteiger partial charge on any atom is -0.396 e. The number of benzene rings is 1. The van der Waals surface area contributed by atoms with E-state index in [0.717, 1.165) is 24.1 Å². The number of fused-ring (bicyclic) bond motifs is 1. The average molecular weight is 477 g/mol. The maximum Gasteiger partial charge on any atom is 0.258 e. The number of rotatable bonds is 9. The molecule has 5 N–H and O–H groups in total. The van der Waals surface area contributed by atoms with Crippen molar-refractivity contribution in [2.24, 2.45) is 11.3 Å². The number of hydrogen-bond donors (Lipinski definition) is 5. The summed E-state index contributed by atoms with van der Waals surface area (Å²) in [7, 11) is 0. The molecule has 0 saturated carbocycles. The van der Waals surface area contributed by atoms with Crippen LogP contribution >= 0.6 is 0 Å². The molecule has 1 fully saturated rings. The Labute approximate surface area is 209 Å². The van der Waals surface area contributed by atoms with Crippen molar-refractivity contribution in [2.45, 2.75) is 60.3 Å². The monoisotopic (exact) mass is 476 g/mol. The molecule has 1 amide bonds. The Morgan fingerprint density at radius 1 is 1.26 bits per heavy atom. The molecule has 6 heteroatoms. The van der Waals surface area contributed by atoms with Crippen LogP contribution in [0.1, 0.15) is 63.6 Å². The third kappa shape index (κ3) is 6.12. The molecule has 6 nitrogen and oxygen atoms in total. The van der Waals surface area contributed by atoms with Crippen LogP contribution in [0.5, 0.6) is 0 Å². The summed E-state index contributed by atoms with van der Waals surface area (Å²) in [6.07, 6.45) is 9.72. The number of aliphatic hydroxyl groups is 1. The van der Waals surface area contributed by atoms with Crippen LogP contribution in [0.4, 0.5) is 0 Å². The molecule has 1 aromatic carbocycles. The van der Waals surface area contributed by atoms with Crippen LogP contribution in [-0.4, -0.2) is 30.0 Å². The Balaban J connectivity index is 1.86. The fourth-order valence-corrected chi connectivity index (χ4v) is 4.61. The molecule has 1 saturated heterocycles. The van der Waals surface area contributed by atoms with Crippen molar-refractivity contribution >= 4 is 11.7 Å². The summed E-state index contributed by atoms with van der Waals surface area (Å²) in [5.41, 5.74) is 6.68. The molecule has 35 heavy (non-hydrogen) atoms. The minimum absolute atomic E-state index is 0.0803. The quantitative estimate of drug-likeness (QED) is 0.205. The Morgan fingerprint density at radius 2 is 2.00 bits per heavy atom. The van der Waals surface area contributed by atoms with Crippen molar-refractivity contribution in [3.8, 4) is 0 Å². The van der Waals surface area contributed by atoms with E-state index >= 15 is 0 Å². The van der Waals surface area contributed by atoms with E-state index in [1.807, 2.05) is 20.8 Å². The second-order valence-corrected chi connectivity index (χ2v) is 10.3. The summed E-state index contributed by atoms with van der Waals surface area (Å²) < 4.78 is 0. The summed E-state index contributed by atoms with van der Waals surface area (Å²) in [6.45, 7) is 13.0. The first-order chi connectivity index (χ1) is 16.6. The third-order valence-corrected chi connectivity index (χ3v) is 6.88. The maximum atomic E-state index is 13.0. The average Bonchev–Trinajstić information content (AvgIpc) is 3.16. The van der Waals surface area contributed by atoms with Gasteiger partial charge in [0.05, 0.1) is 5.57 Å². The van der Waals surface area contributed by atoms with E-state index in [1.165, 1.54) is 16.7 Å². The first-order valence-electron chi connectivity index (χ1n) is 12.5. The smallest absolute Gasteiger partial charge is 0.258 e. The number of aliphatic hydroxyl groups excluding tert-OH is 1. The van der Waals surface area contributed by atoms with Gasteiger partial charge in [0.25, 0.3) is 5.91 Å². The number of allylic oxidation sites excluding steroid dienone is 4. The van der Waals surface area contributed by atoms with Gasteiger partial charge in [-0.25, -0.2) is 0 Å². The summed E-state index contributed by atoms with van der Waals surface area (Å²) >= 11 is 0. The van der Waals surface area contributed by atoms with E-state index in [4.69, 9.17) is 5.41 Å². The molecule has 0 spiro atoms. The Morgan fingerprint density at radius 3 is 2.66 bits per heavy atom. The van der Waals surface area contributed by atoms with E-state index in [1.54, 1.807) is 12.3 Å². The van der Waals surface area contributed by atoms with Gasteiger partial charge in [0, 0.05) is 47.7 Å². The van der Waals surface area contributed by atoms with Gasteiger partial charge in [0.15, 0.2) is 0 Å². The van der Waals surface area contributed by atoms with Crippen molar-refractivity contribution in [1.29, 1.82) is 5.41 Å². The largest absolute Gasteiger partial charge is 0.396 e. The molecular formula is C29H40N4O2. The van der Waals surface area contributed by atoms with Gasteiger partial charge in [0.1, 0.15) is 5.84 Å². The lowest BCUT2D eigenvalue weighted by Gasteiger charge is -2.28. The molecule has 2 unspecified atom stereocenters. The van der Waals surface area contributed by atoms with E-state index in [-0.39, 0.29) is 29.7 Å². The molecular weight excluding hydrogens is 436 g/mol. The van der Waals surface area contributed by atoms with Crippen LogP contribution in [0, 0.1) is 23.7 Å². The first kappa shape index (κ1) is 26.5. The predicted octanol–water partition coefficient (Wildman–Crippen LogP) is 4.58. The standard InChI is InChI=1S/C29H40N4O2/c1-7-20-10-9-18(3)22(13-20)23-15-24-25(14-21(23)8-2)33-28(35)27(24)19(4)32-26(30)11-12-31-16-29(5,6)17-34/h9-15,21,23,31,34H,7-8,16-17H2,1-6H3,(H2,30,32)(H,33,35)/b12-11-,27-19-. The van der Waals surface area contributed by atoms with Gasteiger partial charge >= 0.3 is 0 Å². The lowest BCUT2D eigenvalue weighted by Crippen LogP contribution is -2.30. The number of amidine groups is 1. The summed E-state index contributed by atoms with van der Waals surface area (Å²) in [5, 5.41) is 26.9. The summed E-state index contributed by atoms with van der Waals surface area (Å²) in [6, 6.07) is 6.70. The van der Waals surface area contributed by atoms with Crippen molar-refractivity contribution in [3.63, 3.8) is 0 Å². The van der Waals surface area contributed by atoms with Crippen LogP contribution in [0.3, 0.4) is 0 Å². The molecule has 0 radical (unpaired) electrons. The second kappa shape index (κ2) is 11.1. The molecule has 2 aliphatic rings. The molecule has 1 aliphatic heterocycles. The lowest BCUT2D eigenvalue weighted by molar-refractivity contribution is -0.115. The molecule has 1 heterocycles. The van der Waals surface area contributed by atoms with Crippen molar-refractivity contribution in [3.05, 3.63) is 81.9 Å². The zero-order valence-electron chi connectivity index (χ0n) is 21.9. The van der Waals surface area contributed by atoms with Crippen molar-refractivity contribution in [2.75, 3.05) is 13.2 Å². The Kier molecular flexibility index (Phi) is 8.39. The van der Waals surface area contributed by atoms with E-state index in [2.05, 4.69) is 67.1 Å². The number of amides is 1. The van der Waals surface area contributed by atoms with Gasteiger partial charge in [-0.1, -0.05) is 58.0 Å². The SMILES string of the molecule is CCc1ccc(C)c(C2C=C3C(=CC2CC)NC(=O)/C3=C(/C)NC(=N)/C=C\NCC(C)(C)CO)c1. The first-order valence-corrected chi connectivity index (χ1v) is 12.5. The van der Waals surface area contributed by atoms with Crippen LogP contribution in [0.25, 0.3) is 0 Å². The van der Waals surface area contributed by atoms with Crippen LogP contribution < -0.4 is 16.0 Å². The number of nitrogens with one attached hydrogen (secondary N) is 4. The van der Waals surface area contributed by atoms with Gasteiger partial charge in [-0.3, -0.25) is 10.2 Å². The molecule has 3 rings (SSSR count). The van der Waals surface area contributed by atoms with Gasteiger partial charge < -0.3 is 21.1 Å². The number of carbonyl (C=O) groups excluding carboxylic acids is 1. The van der Waals surface area contributed by atoms with Crippen molar-refractivity contribution < 1.29 is 9.90 Å². The number of carbonyl (C=O) groups is 1. The van der Waals surface area contributed by atoms with E-state index < -0.39 is 0 Å². The molecule has 0 bridgehead atoms. The second-order valence-electron chi connectivity index (χ2n) is 10.3. The van der Waals surface area contributed by atoms with Gasteiger partial charge in [-0.15, -0.1) is 0 Å². The van der Waals surface area contributed by atoms with Crippen LogP contribution in [0.15, 0.2) is 65.2 Å². The molecule has 188 valence electrons. The fourth-order valence-electron chi connectivity index (χ4n) is 4.61. The molecule has 0 aromatic heterocycles. The fraction of sp³-hybridized carbons (Fsp3) is 0.448. The van der Waals surface area contributed by atoms with Crippen LogP contribution in [0.2, 0.25) is 0 Å². The molecule has 1 aliphatic carbocycles. The predicted molar refractivity (Wildman–Crippen MR) is 143 cm³/mol. The van der Waals surface area contributed by atoms with E-state index in [0.29, 0.717) is 23.7 Å². The maximum absolute atomic E-state index is 13.0. The summed E-state index contributed by atoms with van der Waals surface area (Å²) in [5.74, 6) is 0.546. The van der Waals surface area contributed by atoms with Gasteiger partial charge in [0.2, 0.25) is 0 Å². The lowest BCUT2D eigenvalue weighted by atomic mass is 9.76. The number of hydrogen-bond acceptors (Lipinski definition) is 4. The highest BCUT2D eigenvalue weighted by Gasteiger charge is 2.35. The normalized spacial score (nSPS) is 21.3. The highest BCUT2D eigenvalue weighted by atomic mass is 16.3. The third-order valence-electron chi connectivity index (χ3n) is 6.88.